The minimum atomic E-state index is -1.20. The van der Waals surface area contributed by atoms with Gasteiger partial charge >= 0.3 is 0 Å². The van der Waals surface area contributed by atoms with Crippen molar-refractivity contribution in [2.45, 2.75) is 24.4 Å². The Kier molecular flexibility index (Phi) is 3.27. The largest absolute Gasteiger partial charge is 0.394 e. The van der Waals surface area contributed by atoms with Crippen LogP contribution in [0, 0.1) is 0 Å². The van der Waals surface area contributed by atoms with Crippen molar-refractivity contribution in [3.63, 3.8) is 0 Å². The van der Waals surface area contributed by atoms with Crippen LogP contribution >= 0.6 is 11.6 Å². The van der Waals surface area contributed by atoms with Gasteiger partial charge in [-0.2, -0.15) is 5.10 Å². The number of hydrogen-bond donors (Lipinski definition) is 4. The molecule has 9 heteroatoms. The number of aliphatic hydroxyl groups excluding tert-OH is 3. The van der Waals surface area contributed by atoms with Gasteiger partial charge in [-0.3, -0.25) is 0 Å². The lowest BCUT2D eigenvalue weighted by molar-refractivity contribution is -0.0244. The van der Waals surface area contributed by atoms with Gasteiger partial charge in [-0.25, -0.2) is 9.50 Å². The lowest BCUT2D eigenvalue weighted by atomic mass is 10.1. The van der Waals surface area contributed by atoms with Crippen molar-refractivity contribution in [1.82, 2.24) is 14.6 Å². The minimum Gasteiger partial charge on any atom is -0.394 e. The van der Waals surface area contributed by atoms with Crippen molar-refractivity contribution in [3.05, 3.63) is 23.1 Å². The zero-order valence-corrected chi connectivity index (χ0v) is 11.0. The summed E-state index contributed by atoms with van der Waals surface area (Å²) in [6, 6.07) is 1.54. The number of nitrogens with zero attached hydrogens (tertiary/aromatic N) is 3. The van der Waals surface area contributed by atoms with E-state index < -0.39 is 31.0 Å². The molecule has 0 spiro atoms. The van der Waals surface area contributed by atoms with Crippen molar-refractivity contribution in [1.29, 1.82) is 0 Å². The van der Waals surface area contributed by atoms with Gasteiger partial charge in [0.2, 0.25) is 0 Å². The summed E-state index contributed by atoms with van der Waals surface area (Å²) in [6.45, 7) is -0.400. The number of nitrogens with two attached hydrogens (primary N) is 1. The lowest BCUT2D eigenvalue weighted by Gasteiger charge is -2.14. The average molecular weight is 301 g/mol. The van der Waals surface area contributed by atoms with Crippen LogP contribution in [-0.2, 0) is 4.74 Å². The predicted molar refractivity (Wildman–Crippen MR) is 69.1 cm³/mol. The zero-order chi connectivity index (χ0) is 14.4. The van der Waals surface area contributed by atoms with Gasteiger partial charge in [-0.1, -0.05) is 11.6 Å². The zero-order valence-electron chi connectivity index (χ0n) is 10.2. The summed E-state index contributed by atoms with van der Waals surface area (Å²) < 4.78 is 6.86. The quantitative estimate of drug-likeness (QED) is 0.567. The van der Waals surface area contributed by atoms with Crippen molar-refractivity contribution in [2.24, 2.45) is 0 Å². The smallest absolute Gasteiger partial charge is 0.152 e. The van der Waals surface area contributed by atoms with Crippen molar-refractivity contribution >= 4 is 22.9 Å². The molecule has 0 saturated carbocycles. The molecule has 1 aliphatic rings. The molecule has 0 bridgehead atoms. The number of fused-ring (bicyclic) bond motifs is 1. The van der Waals surface area contributed by atoms with E-state index in [9.17, 15) is 10.2 Å². The Hall–Kier alpha value is -1.45. The molecule has 20 heavy (non-hydrogen) atoms. The summed E-state index contributed by atoms with van der Waals surface area (Å²) in [5, 5.41) is 33.3. The summed E-state index contributed by atoms with van der Waals surface area (Å²) >= 11 is 6.09. The highest BCUT2D eigenvalue weighted by Gasteiger charge is 2.44. The van der Waals surface area contributed by atoms with E-state index in [2.05, 4.69) is 10.1 Å². The molecular weight excluding hydrogens is 288 g/mol. The van der Waals surface area contributed by atoms with Crippen molar-refractivity contribution < 1.29 is 20.1 Å². The van der Waals surface area contributed by atoms with Gasteiger partial charge in [0, 0.05) is 0 Å². The van der Waals surface area contributed by atoms with Gasteiger partial charge in [-0.15, -0.1) is 0 Å². The Labute approximate surface area is 118 Å². The molecule has 1 saturated heterocycles. The maximum atomic E-state index is 10.0. The van der Waals surface area contributed by atoms with Crippen LogP contribution in [0.1, 0.15) is 11.8 Å². The molecule has 0 amide bonds. The molecule has 0 unspecified atom stereocenters. The first-order valence-electron chi connectivity index (χ1n) is 5.94. The first-order valence-corrected chi connectivity index (χ1v) is 6.32. The fourth-order valence-electron chi connectivity index (χ4n) is 2.39. The monoisotopic (exact) mass is 300 g/mol. The van der Waals surface area contributed by atoms with Gasteiger partial charge in [0.1, 0.15) is 36.3 Å². The average Bonchev–Trinajstić information content (AvgIpc) is 2.90. The van der Waals surface area contributed by atoms with Crippen LogP contribution in [0.2, 0.25) is 5.02 Å². The van der Waals surface area contributed by atoms with Gasteiger partial charge in [0.15, 0.2) is 5.82 Å². The Balaban J connectivity index is 2.10. The molecule has 3 heterocycles. The molecule has 2 aromatic rings. The molecule has 8 nitrogen and oxygen atoms in total. The molecule has 4 atom stereocenters. The highest BCUT2D eigenvalue weighted by Crippen LogP contribution is 2.37. The molecule has 0 radical (unpaired) electrons. The third kappa shape index (κ3) is 1.85. The second-order valence-electron chi connectivity index (χ2n) is 4.58. The normalized spacial score (nSPS) is 30.2. The van der Waals surface area contributed by atoms with E-state index in [0.29, 0.717) is 16.2 Å². The third-order valence-corrected chi connectivity index (χ3v) is 3.69. The van der Waals surface area contributed by atoms with Gasteiger partial charge in [0.25, 0.3) is 0 Å². The Morgan fingerprint density at radius 3 is 2.80 bits per heavy atom. The van der Waals surface area contributed by atoms with E-state index in [0.717, 1.165) is 0 Å². The topological polar surface area (TPSA) is 126 Å². The number of hydrogen-bond acceptors (Lipinski definition) is 7. The van der Waals surface area contributed by atoms with Crippen LogP contribution in [0.15, 0.2) is 12.4 Å². The number of anilines is 1. The predicted octanol–water partition coefficient (Wildman–Crippen LogP) is -0.881. The summed E-state index contributed by atoms with van der Waals surface area (Å²) in [7, 11) is 0. The number of rotatable bonds is 2. The molecule has 0 aliphatic carbocycles. The maximum absolute atomic E-state index is 10.0. The maximum Gasteiger partial charge on any atom is 0.152 e. The van der Waals surface area contributed by atoms with Gasteiger partial charge < -0.3 is 25.8 Å². The van der Waals surface area contributed by atoms with Crippen LogP contribution in [0.25, 0.3) is 5.52 Å². The van der Waals surface area contributed by atoms with E-state index in [-0.39, 0.29) is 5.82 Å². The first kappa shape index (κ1) is 13.5. The highest BCUT2D eigenvalue weighted by molar-refractivity contribution is 6.34. The van der Waals surface area contributed by atoms with E-state index in [1.807, 2.05) is 0 Å². The van der Waals surface area contributed by atoms with Gasteiger partial charge in [-0.05, 0) is 6.07 Å². The van der Waals surface area contributed by atoms with Crippen LogP contribution < -0.4 is 5.73 Å². The van der Waals surface area contributed by atoms with Crippen LogP contribution in [0.3, 0.4) is 0 Å². The second-order valence-corrected chi connectivity index (χ2v) is 4.99. The standard InChI is InChI=1S/C11H13ClN4O4/c12-4-1-5(16-7(4)11(13)14-3-15-16)10-9(19)8(18)6(2-17)20-10/h1,3,6,8-10,17-19H,2H2,(H2,13,14,15)/t6-,8-,9-,10+/m0/s1. The fourth-order valence-corrected chi connectivity index (χ4v) is 2.68. The molecule has 0 aromatic carbocycles. The van der Waals surface area contributed by atoms with Gasteiger partial charge in [0.05, 0.1) is 17.3 Å². The van der Waals surface area contributed by atoms with Crippen LogP contribution in [0.4, 0.5) is 5.82 Å². The Morgan fingerprint density at radius 2 is 2.15 bits per heavy atom. The van der Waals surface area contributed by atoms with Crippen LogP contribution in [-0.4, -0.2) is 54.8 Å². The van der Waals surface area contributed by atoms with E-state index >= 15 is 0 Å². The summed E-state index contributed by atoms with van der Waals surface area (Å²) in [6.07, 6.45) is -2.86. The summed E-state index contributed by atoms with van der Waals surface area (Å²) in [4.78, 5) is 3.84. The summed E-state index contributed by atoms with van der Waals surface area (Å²) in [5.74, 6) is 0.197. The van der Waals surface area contributed by atoms with Crippen LogP contribution in [0.5, 0.6) is 0 Å². The number of ether oxygens (including phenoxy) is 1. The van der Waals surface area contributed by atoms with E-state index in [4.69, 9.17) is 27.2 Å². The number of halogens is 1. The van der Waals surface area contributed by atoms with Crippen molar-refractivity contribution in [3.8, 4) is 0 Å². The fraction of sp³-hybridized carbons (Fsp3) is 0.455. The van der Waals surface area contributed by atoms with E-state index in [1.165, 1.54) is 10.8 Å². The van der Waals surface area contributed by atoms with E-state index in [1.54, 1.807) is 6.07 Å². The Bertz CT molecular complexity index is 649. The lowest BCUT2D eigenvalue weighted by Crippen LogP contribution is -2.32. The Morgan fingerprint density at radius 1 is 1.40 bits per heavy atom. The molecule has 2 aromatic heterocycles. The molecule has 1 fully saturated rings. The molecule has 5 N–H and O–H groups in total. The number of aliphatic hydroxyl groups is 3. The summed E-state index contributed by atoms with van der Waals surface area (Å²) in [5.41, 5.74) is 6.57. The SMILES string of the molecule is Nc1ncnn2c([C@H]3O[C@@H](CO)[C@H](O)[C@@H]3O)cc(Cl)c12. The highest BCUT2D eigenvalue weighted by atomic mass is 35.5. The minimum absolute atomic E-state index is 0.197. The molecule has 108 valence electrons. The number of aromatic nitrogens is 3. The van der Waals surface area contributed by atoms with Crippen molar-refractivity contribution in [2.75, 3.05) is 12.3 Å². The molecular formula is C11H13ClN4O4. The molecule has 3 rings (SSSR count). The molecule has 1 aliphatic heterocycles. The second kappa shape index (κ2) is 4.83. The number of nitrogen functional groups attached to an aromatic ring is 1. The third-order valence-electron chi connectivity index (χ3n) is 3.40. The first-order chi connectivity index (χ1) is 9.54.